The average molecular weight is 446 g/mol. The zero-order valence-corrected chi connectivity index (χ0v) is 18.2. The number of rotatable bonds is 4. The first-order chi connectivity index (χ1) is 15.5. The number of thiazole rings is 1. The lowest BCUT2D eigenvalue weighted by Crippen LogP contribution is -2.40. The molecule has 1 aliphatic rings. The normalized spacial score (nSPS) is 16.1. The molecule has 0 bridgehead atoms. The molecule has 1 atom stereocenters. The molecule has 1 aromatic carbocycles. The Bertz CT molecular complexity index is 1510. The molecule has 0 radical (unpaired) electrons. The van der Waals surface area contributed by atoms with E-state index in [1.807, 2.05) is 31.2 Å². The number of furan rings is 2. The fourth-order valence-electron chi connectivity index (χ4n) is 3.71. The van der Waals surface area contributed by atoms with E-state index in [2.05, 4.69) is 10.3 Å². The number of aryl methyl sites for hydroxylation is 1. The quantitative estimate of drug-likeness (QED) is 0.522. The van der Waals surface area contributed by atoms with E-state index < -0.39 is 6.04 Å². The number of aromatic nitrogens is 1. The summed E-state index contributed by atoms with van der Waals surface area (Å²) in [5.41, 5.74) is 2.09. The highest BCUT2D eigenvalue weighted by atomic mass is 32.1. The molecule has 0 saturated carbocycles. The van der Waals surface area contributed by atoms with Crippen molar-refractivity contribution in [2.45, 2.75) is 19.9 Å². The van der Waals surface area contributed by atoms with Crippen molar-refractivity contribution < 1.29 is 13.6 Å². The lowest BCUT2D eigenvalue weighted by molar-refractivity contribution is -0.113. The molecule has 4 aromatic rings. The van der Waals surface area contributed by atoms with Crippen molar-refractivity contribution in [2.24, 2.45) is 4.99 Å². The van der Waals surface area contributed by atoms with Crippen LogP contribution in [0.1, 0.15) is 30.0 Å². The Morgan fingerprint density at radius 3 is 2.66 bits per heavy atom. The SMILES string of the molecule is CC1=C(C(=O)Nc2ccccc2)[C@H](c2ccc(C)o2)n2c(sc(=Cc3ccoc3)c2=O)=N1. The van der Waals surface area contributed by atoms with E-state index in [9.17, 15) is 9.59 Å². The summed E-state index contributed by atoms with van der Waals surface area (Å²) in [6, 6.07) is 13.8. The third-order valence-corrected chi connectivity index (χ3v) is 6.15. The fourth-order valence-corrected chi connectivity index (χ4v) is 4.76. The monoisotopic (exact) mass is 445 g/mol. The van der Waals surface area contributed by atoms with E-state index in [0.717, 1.165) is 5.56 Å². The van der Waals surface area contributed by atoms with Gasteiger partial charge in [-0.2, -0.15) is 0 Å². The van der Waals surface area contributed by atoms with E-state index >= 15 is 0 Å². The van der Waals surface area contributed by atoms with Crippen molar-refractivity contribution in [3.8, 4) is 0 Å². The topological polar surface area (TPSA) is 89.7 Å². The second-order valence-electron chi connectivity index (χ2n) is 7.41. The number of nitrogens with one attached hydrogen (secondary N) is 1. The summed E-state index contributed by atoms with van der Waals surface area (Å²) in [5, 5.41) is 2.91. The maximum Gasteiger partial charge on any atom is 0.271 e. The van der Waals surface area contributed by atoms with Gasteiger partial charge in [-0.1, -0.05) is 29.5 Å². The van der Waals surface area contributed by atoms with Gasteiger partial charge in [-0.15, -0.1) is 0 Å². The molecule has 7 nitrogen and oxygen atoms in total. The van der Waals surface area contributed by atoms with E-state index in [0.29, 0.717) is 37.8 Å². The van der Waals surface area contributed by atoms with Gasteiger partial charge in [0, 0.05) is 11.3 Å². The molecule has 5 rings (SSSR count). The standard InChI is InChI=1S/C24H19N3O4S/c1-14-8-9-18(31-14)21-20(22(28)26-17-6-4-3-5-7-17)15(2)25-24-27(21)23(29)19(32-24)12-16-10-11-30-13-16/h3-13,21H,1-2H3,(H,26,28)/t21-/m0/s1. The van der Waals surface area contributed by atoms with Crippen molar-refractivity contribution in [2.75, 3.05) is 5.32 Å². The molecular weight excluding hydrogens is 426 g/mol. The molecule has 1 aliphatic heterocycles. The van der Waals surface area contributed by atoms with Gasteiger partial charge in [0.25, 0.3) is 11.5 Å². The minimum atomic E-state index is -0.727. The zero-order chi connectivity index (χ0) is 22.2. The van der Waals surface area contributed by atoms with Crippen LogP contribution < -0.4 is 20.2 Å². The highest BCUT2D eigenvalue weighted by Crippen LogP contribution is 2.31. The molecule has 1 N–H and O–H groups in total. The molecule has 4 heterocycles. The summed E-state index contributed by atoms with van der Waals surface area (Å²) in [7, 11) is 0. The maximum absolute atomic E-state index is 13.4. The van der Waals surface area contributed by atoms with Crippen molar-refractivity contribution in [3.63, 3.8) is 0 Å². The molecule has 0 aliphatic carbocycles. The van der Waals surface area contributed by atoms with Gasteiger partial charge in [-0.05, 0) is 50.3 Å². The summed E-state index contributed by atoms with van der Waals surface area (Å²) in [6.07, 6.45) is 4.86. The molecule has 32 heavy (non-hydrogen) atoms. The number of carbonyl (C=O) groups excluding carboxylic acids is 1. The summed E-state index contributed by atoms with van der Waals surface area (Å²) in [5.74, 6) is 0.865. The summed E-state index contributed by atoms with van der Waals surface area (Å²) < 4.78 is 13.0. The summed E-state index contributed by atoms with van der Waals surface area (Å²) in [6.45, 7) is 3.60. The Kier molecular flexibility index (Phi) is 4.99. The summed E-state index contributed by atoms with van der Waals surface area (Å²) in [4.78, 5) is 31.9. The van der Waals surface area contributed by atoms with Crippen molar-refractivity contribution >= 4 is 29.0 Å². The van der Waals surface area contributed by atoms with Crippen LogP contribution in [0.15, 0.2) is 90.9 Å². The Hall–Kier alpha value is -3.91. The molecule has 8 heteroatoms. The van der Waals surface area contributed by atoms with Crippen LogP contribution in [0.2, 0.25) is 0 Å². The molecule has 0 unspecified atom stereocenters. The highest BCUT2D eigenvalue weighted by Gasteiger charge is 2.34. The van der Waals surface area contributed by atoms with Crippen LogP contribution in [0.5, 0.6) is 0 Å². The van der Waals surface area contributed by atoms with Crippen LogP contribution in [0.3, 0.4) is 0 Å². The smallest absolute Gasteiger partial charge is 0.271 e. The van der Waals surface area contributed by atoms with Crippen LogP contribution in [0.25, 0.3) is 6.08 Å². The zero-order valence-electron chi connectivity index (χ0n) is 17.4. The number of fused-ring (bicyclic) bond motifs is 1. The number of hydrogen-bond donors (Lipinski definition) is 1. The second-order valence-corrected chi connectivity index (χ2v) is 8.42. The second kappa shape index (κ2) is 7.97. The number of nitrogens with zero attached hydrogens (tertiary/aromatic N) is 2. The van der Waals surface area contributed by atoms with Crippen LogP contribution in [0.4, 0.5) is 5.69 Å². The predicted molar refractivity (Wildman–Crippen MR) is 121 cm³/mol. The molecule has 160 valence electrons. The number of anilines is 1. The Morgan fingerprint density at radius 2 is 1.97 bits per heavy atom. The molecule has 3 aromatic heterocycles. The van der Waals surface area contributed by atoms with Gasteiger partial charge in [0.2, 0.25) is 0 Å². The van der Waals surface area contributed by atoms with E-state index in [1.54, 1.807) is 49.8 Å². The van der Waals surface area contributed by atoms with Gasteiger partial charge >= 0.3 is 0 Å². The van der Waals surface area contributed by atoms with Crippen LogP contribution in [-0.4, -0.2) is 10.5 Å². The summed E-state index contributed by atoms with van der Waals surface area (Å²) >= 11 is 1.27. The van der Waals surface area contributed by atoms with E-state index in [-0.39, 0.29) is 11.5 Å². The minimum Gasteiger partial charge on any atom is -0.472 e. The van der Waals surface area contributed by atoms with Gasteiger partial charge in [-0.3, -0.25) is 14.2 Å². The van der Waals surface area contributed by atoms with Crippen LogP contribution in [-0.2, 0) is 4.79 Å². The Labute approximate surface area is 186 Å². The highest BCUT2D eigenvalue weighted by molar-refractivity contribution is 7.07. The number of benzene rings is 1. The number of para-hydroxylation sites is 1. The third-order valence-electron chi connectivity index (χ3n) is 5.17. The van der Waals surface area contributed by atoms with E-state index in [4.69, 9.17) is 8.83 Å². The first-order valence-electron chi connectivity index (χ1n) is 9.99. The van der Waals surface area contributed by atoms with E-state index in [1.165, 1.54) is 15.9 Å². The molecule has 1 amide bonds. The average Bonchev–Trinajstić information content (AvgIpc) is 3.50. The Balaban J connectivity index is 1.68. The number of carbonyl (C=O) groups is 1. The van der Waals surface area contributed by atoms with Gasteiger partial charge in [-0.25, -0.2) is 4.99 Å². The van der Waals surface area contributed by atoms with Crippen molar-refractivity contribution in [1.82, 2.24) is 4.57 Å². The lowest BCUT2D eigenvalue weighted by Gasteiger charge is -2.23. The van der Waals surface area contributed by atoms with Gasteiger partial charge in [0.15, 0.2) is 4.80 Å². The lowest BCUT2D eigenvalue weighted by atomic mass is 10.00. The maximum atomic E-state index is 13.4. The fraction of sp³-hybridized carbons (Fsp3) is 0.125. The van der Waals surface area contributed by atoms with Gasteiger partial charge in [0.1, 0.15) is 17.6 Å². The number of hydrogen-bond acceptors (Lipinski definition) is 6. The molecule has 0 spiro atoms. The largest absolute Gasteiger partial charge is 0.472 e. The number of amides is 1. The molecule has 0 fully saturated rings. The Morgan fingerprint density at radius 1 is 1.16 bits per heavy atom. The minimum absolute atomic E-state index is 0.244. The first kappa shape index (κ1) is 20.0. The van der Waals surface area contributed by atoms with Crippen LogP contribution >= 0.6 is 11.3 Å². The van der Waals surface area contributed by atoms with Gasteiger partial charge in [0.05, 0.1) is 28.3 Å². The molecule has 0 saturated heterocycles. The third kappa shape index (κ3) is 3.54. The van der Waals surface area contributed by atoms with Crippen molar-refractivity contribution in [3.05, 3.63) is 109 Å². The molecular formula is C24H19N3O4S. The number of allylic oxidation sites excluding steroid dienone is 1. The predicted octanol–water partition coefficient (Wildman–Crippen LogP) is 3.37. The first-order valence-corrected chi connectivity index (χ1v) is 10.8. The van der Waals surface area contributed by atoms with Gasteiger partial charge < -0.3 is 14.2 Å². The van der Waals surface area contributed by atoms with Crippen LogP contribution in [0, 0.1) is 6.92 Å². The van der Waals surface area contributed by atoms with Crippen molar-refractivity contribution in [1.29, 1.82) is 0 Å².